The van der Waals surface area contributed by atoms with E-state index in [2.05, 4.69) is 9.97 Å². The molecule has 1 unspecified atom stereocenters. The second kappa shape index (κ2) is 7.65. The van der Waals surface area contributed by atoms with Crippen molar-refractivity contribution in [2.24, 2.45) is 5.92 Å². The number of nitrogens with one attached hydrogen (secondary N) is 1. The van der Waals surface area contributed by atoms with Crippen LogP contribution >= 0.6 is 0 Å². The van der Waals surface area contributed by atoms with Gasteiger partial charge in [0.25, 0.3) is 5.56 Å². The Morgan fingerprint density at radius 3 is 2.45 bits per heavy atom. The quantitative estimate of drug-likeness (QED) is 0.821. The summed E-state index contributed by atoms with van der Waals surface area (Å²) in [6, 6.07) is 8.72. The first-order valence-electron chi connectivity index (χ1n) is 9.57. The highest BCUT2D eigenvalue weighted by atomic mass is 19.1. The van der Waals surface area contributed by atoms with Gasteiger partial charge in [0.15, 0.2) is 0 Å². The molecular weight excluding hydrogens is 377 g/mol. The van der Waals surface area contributed by atoms with Crippen LogP contribution in [0.5, 0.6) is 0 Å². The normalized spacial score (nSPS) is 19.7. The number of H-pyrrole nitrogens is 1. The van der Waals surface area contributed by atoms with E-state index >= 15 is 0 Å². The van der Waals surface area contributed by atoms with E-state index in [1.807, 2.05) is 4.90 Å². The average Bonchev–Trinajstić information content (AvgIpc) is 3.08. The zero-order valence-electron chi connectivity index (χ0n) is 16.1. The van der Waals surface area contributed by atoms with Crippen LogP contribution in [-0.4, -0.2) is 71.4 Å². The van der Waals surface area contributed by atoms with Crippen LogP contribution < -0.4 is 10.5 Å². The van der Waals surface area contributed by atoms with E-state index in [0.29, 0.717) is 38.3 Å². The Balaban J connectivity index is 1.48. The first-order valence-corrected chi connectivity index (χ1v) is 9.57. The van der Waals surface area contributed by atoms with Gasteiger partial charge in [-0.25, -0.2) is 4.98 Å². The number of amides is 2. The second-order valence-electron chi connectivity index (χ2n) is 7.41. The smallest absolute Gasteiger partial charge is 0.289 e. The van der Waals surface area contributed by atoms with Gasteiger partial charge in [0.2, 0.25) is 23.6 Å². The van der Waals surface area contributed by atoms with E-state index in [9.17, 15) is 18.8 Å². The number of carbonyl (C=O) groups is 2. The van der Waals surface area contributed by atoms with Crippen LogP contribution in [-0.2, 0) is 9.59 Å². The Morgan fingerprint density at radius 2 is 1.83 bits per heavy atom. The minimum Gasteiger partial charge on any atom is -0.345 e. The highest BCUT2D eigenvalue weighted by Crippen LogP contribution is 2.22. The zero-order valence-corrected chi connectivity index (χ0v) is 16.1. The monoisotopic (exact) mass is 399 g/mol. The average molecular weight is 399 g/mol. The standard InChI is InChI=1S/C20H22FN5O3/c1-24-12-14(11-15(24)27)19(29)25-7-9-26(10-8-25)20-22-17(16(21)18(28)23-20)13-5-3-2-4-6-13/h2-6,14H,7-12H2,1H3,(H,22,23,28). The van der Waals surface area contributed by atoms with Crippen molar-refractivity contribution in [1.29, 1.82) is 0 Å². The number of aromatic nitrogens is 2. The van der Waals surface area contributed by atoms with Crippen molar-refractivity contribution < 1.29 is 14.0 Å². The number of nitrogens with zero attached hydrogens (tertiary/aromatic N) is 4. The van der Waals surface area contributed by atoms with Crippen molar-refractivity contribution in [3.8, 4) is 11.3 Å². The highest BCUT2D eigenvalue weighted by molar-refractivity contribution is 5.89. The summed E-state index contributed by atoms with van der Waals surface area (Å²) >= 11 is 0. The number of rotatable bonds is 3. The summed E-state index contributed by atoms with van der Waals surface area (Å²) in [5.74, 6) is -0.953. The molecule has 3 heterocycles. The van der Waals surface area contributed by atoms with E-state index in [4.69, 9.17) is 0 Å². The van der Waals surface area contributed by atoms with Crippen molar-refractivity contribution in [2.75, 3.05) is 44.7 Å². The molecule has 1 N–H and O–H groups in total. The van der Waals surface area contributed by atoms with Crippen LogP contribution in [0.15, 0.2) is 35.1 Å². The number of hydrogen-bond acceptors (Lipinski definition) is 5. The Morgan fingerprint density at radius 1 is 1.14 bits per heavy atom. The summed E-state index contributed by atoms with van der Waals surface area (Å²) in [5, 5.41) is 0. The van der Waals surface area contributed by atoms with Crippen LogP contribution in [0.2, 0.25) is 0 Å². The van der Waals surface area contributed by atoms with E-state index < -0.39 is 11.4 Å². The SMILES string of the molecule is CN1CC(C(=O)N2CCN(c3nc(-c4ccccc4)c(F)c(=O)[nH]3)CC2)CC1=O. The predicted octanol–water partition coefficient (Wildman–Crippen LogP) is 0.703. The summed E-state index contributed by atoms with van der Waals surface area (Å²) < 4.78 is 14.3. The maximum absolute atomic E-state index is 14.3. The molecule has 8 nitrogen and oxygen atoms in total. The molecule has 9 heteroatoms. The first-order chi connectivity index (χ1) is 13.9. The number of likely N-dealkylation sites (tertiary alicyclic amines) is 1. The number of carbonyl (C=O) groups excluding carboxylic acids is 2. The molecule has 152 valence electrons. The lowest BCUT2D eigenvalue weighted by Crippen LogP contribution is -2.51. The Hall–Kier alpha value is -3.23. The lowest BCUT2D eigenvalue weighted by atomic mass is 10.1. The van der Waals surface area contributed by atoms with Crippen LogP contribution in [0.25, 0.3) is 11.3 Å². The third kappa shape index (κ3) is 3.72. The number of aromatic amines is 1. The molecule has 2 aliphatic heterocycles. The zero-order chi connectivity index (χ0) is 20.5. The molecule has 0 bridgehead atoms. The van der Waals surface area contributed by atoms with E-state index in [1.54, 1.807) is 47.2 Å². The summed E-state index contributed by atoms with van der Waals surface area (Å²) in [6.07, 6.45) is 0.253. The fraction of sp³-hybridized carbons (Fsp3) is 0.400. The summed E-state index contributed by atoms with van der Waals surface area (Å²) in [5.41, 5.74) is -0.281. The molecular formula is C20H22FN5O3. The summed E-state index contributed by atoms with van der Waals surface area (Å²) in [7, 11) is 1.70. The van der Waals surface area contributed by atoms with Gasteiger partial charge in [0.1, 0.15) is 5.69 Å². The van der Waals surface area contributed by atoms with Gasteiger partial charge in [-0.1, -0.05) is 30.3 Å². The summed E-state index contributed by atoms with van der Waals surface area (Å²) in [6.45, 7) is 2.28. The third-order valence-electron chi connectivity index (χ3n) is 5.48. The van der Waals surface area contributed by atoms with Gasteiger partial charge >= 0.3 is 0 Å². The van der Waals surface area contributed by atoms with Gasteiger partial charge in [-0.15, -0.1) is 0 Å². The number of piperazine rings is 1. The second-order valence-corrected chi connectivity index (χ2v) is 7.41. The minimum absolute atomic E-state index is 0.00959. The molecule has 0 radical (unpaired) electrons. The maximum atomic E-state index is 14.3. The van der Waals surface area contributed by atoms with Crippen LogP contribution in [0, 0.1) is 11.7 Å². The van der Waals surface area contributed by atoms with Crippen LogP contribution in [0.3, 0.4) is 0 Å². The van der Waals surface area contributed by atoms with Crippen LogP contribution in [0.1, 0.15) is 6.42 Å². The molecule has 2 aliphatic rings. The molecule has 29 heavy (non-hydrogen) atoms. The highest BCUT2D eigenvalue weighted by Gasteiger charge is 2.36. The molecule has 0 aliphatic carbocycles. The van der Waals surface area contributed by atoms with Gasteiger partial charge in [-0.2, -0.15) is 4.39 Å². The van der Waals surface area contributed by atoms with Gasteiger partial charge < -0.3 is 14.7 Å². The minimum atomic E-state index is -0.913. The molecule has 4 rings (SSSR count). The van der Waals surface area contributed by atoms with Gasteiger partial charge in [0, 0.05) is 51.8 Å². The Labute approximate surface area is 166 Å². The van der Waals surface area contributed by atoms with Crippen molar-refractivity contribution in [3.05, 3.63) is 46.5 Å². The lowest BCUT2D eigenvalue weighted by molar-refractivity contribution is -0.136. The van der Waals surface area contributed by atoms with Gasteiger partial charge in [-0.3, -0.25) is 19.4 Å². The predicted molar refractivity (Wildman–Crippen MR) is 105 cm³/mol. The molecule has 1 aromatic heterocycles. The number of hydrogen-bond donors (Lipinski definition) is 1. The fourth-order valence-corrected chi connectivity index (χ4v) is 3.81. The van der Waals surface area contributed by atoms with Gasteiger partial charge in [0.05, 0.1) is 5.92 Å². The third-order valence-corrected chi connectivity index (χ3v) is 5.48. The Kier molecular flexibility index (Phi) is 5.04. The molecule has 2 saturated heterocycles. The molecule has 2 fully saturated rings. The number of halogens is 1. The van der Waals surface area contributed by atoms with E-state index in [0.717, 1.165) is 0 Å². The van der Waals surface area contributed by atoms with E-state index in [-0.39, 0.29) is 35.8 Å². The molecule has 2 aromatic rings. The van der Waals surface area contributed by atoms with Gasteiger partial charge in [-0.05, 0) is 0 Å². The van der Waals surface area contributed by atoms with Crippen molar-refractivity contribution >= 4 is 17.8 Å². The Bertz CT molecular complexity index is 985. The summed E-state index contributed by atoms with van der Waals surface area (Å²) in [4.78, 5) is 48.4. The van der Waals surface area contributed by atoms with E-state index in [1.165, 1.54) is 0 Å². The molecule has 1 aromatic carbocycles. The molecule has 0 saturated carbocycles. The largest absolute Gasteiger partial charge is 0.345 e. The van der Waals surface area contributed by atoms with Crippen LogP contribution in [0.4, 0.5) is 10.3 Å². The van der Waals surface area contributed by atoms with Crippen molar-refractivity contribution in [2.45, 2.75) is 6.42 Å². The van der Waals surface area contributed by atoms with Crippen molar-refractivity contribution in [1.82, 2.24) is 19.8 Å². The number of anilines is 1. The maximum Gasteiger partial charge on any atom is 0.289 e. The first kappa shape index (κ1) is 19.1. The van der Waals surface area contributed by atoms with Crippen molar-refractivity contribution in [3.63, 3.8) is 0 Å². The molecule has 2 amide bonds. The molecule has 0 spiro atoms. The number of benzene rings is 1. The topological polar surface area (TPSA) is 89.6 Å². The lowest BCUT2D eigenvalue weighted by Gasteiger charge is -2.36. The fourth-order valence-electron chi connectivity index (χ4n) is 3.81. The molecule has 1 atom stereocenters.